The van der Waals surface area contributed by atoms with E-state index < -0.39 is 6.09 Å². The monoisotopic (exact) mass is 156 g/mol. The Balaban J connectivity index is 3.92. The van der Waals surface area contributed by atoms with E-state index in [1.54, 1.807) is 14.0 Å². The van der Waals surface area contributed by atoms with E-state index in [0.29, 0.717) is 5.70 Å². The van der Waals surface area contributed by atoms with E-state index >= 15 is 0 Å². The summed E-state index contributed by atoms with van der Waals surface area (Å²) in [7, 11) is 1.57. The smallest absolute Gasteiger partial charge is 0.357 e. The number of allylic oxidation sites excluding steroid dienone is 2. The maximum absolute atomic E-state index is 10.4. The zero-order valence-electron chi connectivity index (χ0n) is 6.42. The summed E-state index contributed by atoms with van der Waals surface area (Å²) in [5.41, 5.74) is 0.561. The van der Waals surface area contributed by atoms with Crippen molar-refractivity contribution in [2.75, 3.05) is 7.05 Å². The number of carbonyl (C=O) groups is 1. The lowest BCUT2D eigenvalue weighted by molar-refractivity contribution is 0.151. The van der Waals surface area contributed by atoms with Crippen LogP contribution in [0.25, 0.3) is 4.85 Å². The summed E-state index contributed by atoms with van der Waals surface area (Å²) < 4.78 is 0. The van der Waals surface area contributed by atoms with Crippen LogP contribution < -0.4 is 11.2 Å². The minimum Gasteiger partial charge on any atom is -0.357 e. The highest BCUT2D eigenvalue weighted by atomic mass is 16.7. The number of hydrogen-bond acceptors (Lipinski definition) is 3. The molecule has 0 aromatic rings. The van der Waals surface area contributed by atoms with Crippen LogP contribution in [0.1, 0.15) is 6.92 Å². The third-order valence-electron chi connectivity index (χ3n) is 0.816. The lowest BCUT2D eigenvalue weighted by atomic mass is 10.4. The molecular formula is C6H10N3O2+. The molecule has 11 heavy (non-hydrogen) atoms. The maximum atomic E-state index is 10.4. The molecule has 0 radical (unpaired) electrons. The molecule has 0 aliphatic rings. The first kappa shape index (κ1) is 9.46. The zero-order valence-corrected chi connectivity index (χ0v) is 6.42. The molecule has 0 bridgehead atoms. The Morgan fingerprint density at radius 3 is 2.91 bits per heavy atom. The molecule has 0 aromatic heterocycles. The Morgan fingerprint density at radius 2 is 2.45 bits per heavy atom. The van der Waals surface area contributed by atoms with E-state index in [4.69, 9.17) is 0 Å². The number of rotatable bonds is 1. The van der Waals surface area contributed by atoms with Gasteiger partial charge in [-0.15, -0.1) is 0 Å². The molecular weight excluding hydrogens is 146 g/mol. The summed E-state index contributed by atoms with van der Waals surface area (Å²) in [6.45, 7) is 1.66. The predicted octanol–water partition coefficient (Wildman–Crippen LogP) is 0.453. The van der Waals surface area contributed by atoms with Crippen molar-refractivity contribution in [3.63, 3.8) is 0 Å². The van der Waals surface area contributed by atoms with E-state index in [1.807, 2.05) is 0 Å². The van der Waals surface area contributed by atoms with Crippen molar-refractivity contribution in [3.8, 4) is 6.07 Å². The molecule has 0 atom stereocenters. The van der Waals surface area contributed by atoms with Crippen molar-refractivity contribution >= 4 is 6.09 Å². The summed E-state index contributed by atoms with van der Waals surface area (Å²) in [4.78, 5) is 17.8. The topological polar surface area (TPSA) is 68.7 Å². The highest BCUT2D eigenvalue weighted by Gasteiger charge is 1.98. The number of amides is 1. The van der Waals surface area contributed by atoms with Crippen LogP contribution in [0.3, 0.4) is 0 Å². The van der Waals surface area contributed by atoms with E-state index in [9.17, 15) is 4.79 Å². The molecule has 5 nitrogen and oxygen atoms in total. The van der Waals surface area contributed by atoms with Gasteiger partial charge in [0, 0.05) is 5.70 Å². The van der Waals surface area contributed by atoms with Crippen molar-refractivity contribution < 1.29 is 9.63 Å². The number of carbonyl (C=O) groups excluding carboxylic acids is 1. The van der Waals surface area contributed by atoms with Crippen LogP contribution in [-0.2, 0) is 4.84 Å². The van der Waals surface area contributed by atoms with Crippen LogP contribution in [0.2, 0.25) is 0 Å². The normalized spacial score (nSPS) is 9.55. The molecule has 0 unspecified atom stereocenters. The molecule has 0 fully saturated rings. The highest BCUT2D eigenvalue weighted by molar-refractivity contribution is 5.69. The number of nitrogens with two attached hydrogens (primary N) is 1. The summed E-state index contributed by atoms with van der Waals surface area (Å²) >= 11 is 0. The van der Waals surface area contributed by atoms with E-state index in [-0.39, 0.29) is 0 Å². The van der Waals surface area contributed by atoms with Crippen molar-refractivity contribution in [3.05, 3.63) is 16.6 Å². The third-order valence-corrected chi connectivity index (χ3v) is 0.816. The van der Waals surface area contributed by atoms with Gasteiger partial charge in [0.25, 0.3) is 7.05 Å². The average Bonchev–Trinajstić information content (AvgIpc) is 2.00. The van der Waals surface area contributed by atoms with Crippen molar-refractivity contribution in [2.24, 2.45) is 5.90 Å². The molecule has 60 valence electrons. The molecule has 0 saturated carbocycles. The van der Waals surface area contributed by atoms with E-state index in [2.05, 4.69) is 27.0 Å². The SMILES string of the molecule is C[N+]#C/C=C(/C)NC(=O)ON. The van der Waals surface area contributed by atoms with Crippen LogP contribution in [0.15, 0.2) is 11.8 Å². The lowest BCUT2D eigenvalue weighted by Crippen LogP contribution is -2.24. The van der Waals surface area contributed by atoms with Gasteiger partial charge in [-0.3, -0.25) is 5.32 Å². The van der Waals surface area contributed by atoms with Gasteiger partial charge in [-0.25, -0.2) is 4.79 Å². The largest absolute Gasteiger partial charge is 0.430 e. The second kappa shape index (κ2) is 5.26. The number of nitrogens with zero attached hydrogens (tertiary/aromatic N) is 1. The maximum Gasteiger partial charge on any atom is 0.430 e. The van der Waals surface area contributed by atoms with Crippen molar-refractivity contribution in [2.45, 2.75) is 6.92 Å². The average molecular weight is 156 g/mol. The first-order valence-electron chi connectivity index (χ1n) is 2.89. The fourth-order valence-electron chi connectivity index (χ4n) is 0.388. The quantitative estimate of drug-likeness (QED) is 0.428. The molecule has 0 aromatic carbocycles. The molecule has 0 spiro atoms. The van der Waals surface area contributed by atoms with E-state index in [1.165, 1.54) is 6.08 Å². The Labute approximate surface area is 64.6 Å². The van der Waals surface area contributed by atoms with Crippen molar-refractivity contribution in [1.82, 2.24) is 5.32 Å². The Hall–Kier alpha value is -1.54. The Morgan fingerprint density at radius 1 is 1.82 bits per heavy atom. The molecule has 1 amide bonds. The van der Waals surface area contributed by atoms with Crippen LogP contribution in [0.4, 0.5) is 4.79 Å². The Bertz CT molecular complexity index is 224. The van der Waals surface area contributed by atoms with Gasteiger partial charge < -0.3 is 4.84 Å². The molecule has 5 heteroatoms. The summed E-state index contributed by atoms with van der Waals surface area (Å²) in [6, 6.07) is 2.53. The van der Waals surface area contributed by atoms with Gasteiger partial charge in [-0.1, -0.05) is 4.85 Å². The summed E-state index contributed by atoms with van der Waals surface area (Å²) in [5.74, 6) is 4.57. The second-order valence-electron chi connectivity index (χ2n) is 1.71. The van der Waals surface area contributed by atoms with E-state index in [0.717, 1.165) is 0 Å². The van der Waals surface area contributed by atoms with Gasteiger partial charge in [-0.2, -0.15) is 5.90 Å². The van der Waals surface area contributed by atoms with Gasteiger partial charge in [0.2, 0.25) is 0 Å². The minimum atomic E-state index is -0.711. The minimum absolute atomic E-state index is 0.561. The summed E-state index contributed by atoms with van der Waals surface area (Å²) in [6.07, 6.45) is 0.786. The van der Waals surface area contributed by atoms with Gasteiger partial charge in [0.05, 0.1) is 6.08 Å². The highest BCUT2D eigenvalue weighted by Crippen LogP contribution is 1.84. The molecule has 0 aliphatic carbocycles. The van der Waals surface area contributed by atoms with Crippen LogP contribution >= 0.6 is 0 Å². The summed E-state index contributed by atoms with van der Waals surface area (Å²) in [5, 5.41) is 2.32. The van der Waals surface area contributed by atoms with Gasteiger partial charge >= 0.3 is 12.2 Å². The lowest BCUT2D eigenvalue weighted by Gasteiger charge is -1.98. The van der Waals surface area contributed by atoms with Gasteiger partial charge in [0.1, 0.15) is 0 Å². The fourth-order valence-corrected chi connectivity index (χ4v) is 0.388. The first-order chi connectivity index (χ1) is 5.20. The molecule has 0 saturated heterocycles. The number of hydrogen-bond donors (Lipinski definition) is 2. The number of nitrogens with one attached hydrogen (secondary N) is 1. The molecule has 0 heterocycles. The fraction of sp³-hybridized carbons (Fsp3) is 0.333. The van der Waals surface area contributed by atoms with Crippen LogP contribution in [-0.4, -0.2) is 13.1 Å². The van der Waals surface area contributed by atoms with Crippen molar-refractivity contribution in [1.29, 1.82) is 0 Å². The Kier molecular flexibility index (Phi) is 4.52. The molecule has 0 rings (SSSR count). The van der Waals surface area contributed by atoms with Gasteiger partial charge in [-0.05, 0) is 6.92 Å². The first-order valence-corrected chi connectivity index (χ1v) is 2.89. The van der Waals surface area contributed by atoms with Gasteiger partial charge in [0.15, 0.2) is 0 Å². The zero-order chi connectivity index (χ0) is 8.69. The molecule has 0 aliphatic heterocycles. The standard InChI is InChI=1S/C6H9N3O2/c1-5(3-4-8-2)9-6(10)11-7/h3H,7H2,1-2H3/p+1. The second-order valence-corrected chi connectivity index (χ2v) is 1.71. The predicted molar refractivity (Wildman–Crippen MR) is 40.7 cm³/mol. The third kappa shape index (κ3) is 4.93. The van der Waals surface area contributed by atoms with Crippen LogP contribution in [0.5, 0.6) is 0 Å². The van der Waals surface area contributed by atoms with Crippen LogP contribution in [0, 0.1) is 6.07 Å². The molecule has 3 N–H and O–H groups in total.